The summed E-state index contributed by atoms with van der Waals surface area (Å²) >= 11 is 0. The molecule has 0 amide bonds. The lowest BCUT2D eigenvalue weighted by molar-refractivity contribution is -0.870. The first-order chi connectivity index (χ1) is 8.16. The molecule has 0 saturated heterocycles. The average Bonchev–Trinajstić information content (AvgIpc) is 2.21. The summed E-state index contributed by atoms with van der Waals surface area (Å²) in [7, 11) is 1.69. The Morgan fingerprint density at radius 1 is 1.17 bits per heavy atom. The number of ether oxygens (including phenoxy) is 1. The quantitative estimate of drug-likeness (QED) is 0.250. The molecule has 0 radical (unpaired) electrons. The highest BCUT2D eigenvalue weighted by Crippen LogP contribution is 1.98. The zero-order valence-corrected chi connectivity index (χ0v) is 11.7. The predicted molar refractivity (Wildman–Crippen MR) is 64.9 cm³/mol. The maximum atomic E-state index is 11.2. The van der Waals surface area contributed by atoms with E-state index in [-0.39, 0.29) is 19.8 Å². The van der Waals surface area contributed by atoms with Gasteiger partial charge in [-0.3, -0.25) is 0 Å². The molecular weight excluding hydrogens is 262 g/mol. The van der Waals surface area contributed by atoms with Crippen molar-refractivity contribution in [2.75, 3.05) is 47.5 Å². The number of nitrogens with zero attached hydrogens (tertiary/aromatic N) is 1. The molecule has 0 unspecified atom stereocenters. The number of quaternary nitrogens is 1. The smallest absolute Gasteiger partial charge is 0.400 e. The van der Waals surface area contributed by atoms with Gasteiger partial charge in [-0.05, 0) is 0 Å². The zero-order valence-electron chi connectivity index (χ0n) is 10.9. The van der Waals surface area contributed by atoms with E-state index in [0.717, 1.165) is 6.08 Å². The molecule has 0 aliphatic rings. The van der Waals surface area contributed by atoms with E-state index in [1.807, 2.05) is 21.1 Å². The van der Waals surface area contributed by atoms with Gasteiger partial charge in [0.05, 0.1) is 21.1 Å². The number of carbonyl (C=O) groups is 1. The molecule has 0 aromatic carbocycles. The van der Waals surface area contributed by atoms with Gasteiger partial charge < -0.3 is 9.22 Å². The highest BCUT2D eigenvalue weighted by Gasteiger charge is 2.15. The summed E-state index contributed by atoms with van der Waals surface area (Å²) in [6, 6.07) is 0. The van der Waals surface area contributed by atoms with Gasteiger partial charge in [0.15, 0.2) is 0 Å². The van der Waals surface area contributed by atoms with Crippen molar-refractivity contribution in [3.63, 3.8) is 0 Å². The zero-order chi connectivity index (χ0) is 14.2. The third-order valence-electron chi connectivity index (χ3n) is 1.71. The van der Waals surface area contributed by atoms with Crippen molar-refractivity contribution < 1.29 is 30.8 Å². The summed E-state index contributed by atoms with van der Waals surface area (Å²) in [5.74, 6) is -0.637. The first-order valence-corrected chi connectivity index (χ1v) is 6.63. The van der Waals surface area contributed by atoms with E-state index < -0.39 is 16.4 Å². The van der Waals surface area contributed by atoms with E-state index in [1.165, 1.54) is 0 Å². The summed E-state index contributed by atoms with van der Waals surface area (Å²) < 4.78 is 36.6. The van der Waals surface area contributed by atoms with E-state index in [1.54, 1.807) is 0 Å². The van der Waals surface area contributed by atoms with Crippen molar-refractivity contribution in [3.05, 3.63) is 12.7 Å². The van der Waals surface area contributed by atoms with Crippen molar-refractivity contribution >= 4 is 16.4 Å². The second-order valence-electron chi connectivity index (χ2n) is 4.44. The van der Waals surface area contributed by atoms with Gasteiger partial charge in [0.25, 0.3) is 0 Å². The number of carbonyl (C=O) groups excluding carboxylic acids is 1. The van der Waals surface area contributed by atoms with Gasteiger partial charge in [0.1, 0.15) is 26.4 Å². The molecule has 0 aromatic heterocycles. The van der Waals surface area contributed by atoms with E-state index in [9.17, 15) is 13.2 Å². The first kappa shape index (κ1) is 17.0. The molecule has 0 spiro atoms. The molecule has 0 aromatic rings. The molecule has 0 fully saturated rings. The number of likely N-dealkylation sites (N-methyl/N-ethyl adjacent to an activating group) is 1. The molecule has 0 bridgehead atoms. The van der Waals surface area contributed by atoms with Crippen LogP contribution < -0.4 is 0 Å². The van der Waals surface area contributed by atoms with Crippen molar-refractivity contribution in [2.45, 2.75) is 0 Å². The molecule has 0 saturated carbocycles. The average molecular weight is 282 g/mol. The van der Waals surface area contributed by atoms with Gasteiger partial charge in [-0.25, -0.2) is 13.2 Å². The number of rotatable bonds is 9. The van der Waals surface area contributed by atoms with E-state index in [2.05, 4.69) is 19.7 Å². The van der Waals surface area contributed by atoms with Crippen LogP contribution in [0.3, 0.4) is 0 Å². The Hall–Kier alpha value is -0.960. The Kier molecular flexibility index (Phi) is 7.07. The summed E-state index contributed by atoms with van der Waals surface area (Å²) in [4.78, 5) is 10.6. The molecule has 18 heavy (non-hydrogen) atoms. The van der Waals surface area contributed by atoms with Crippen molar-refractivity contribution in [1.29, 1.82) is 0 Å². The minimum Gasteiger partial charge on any atom is -0.460 e. The van der Waals surface area contributed by atoms with Crippen molar-refractivity contribution in [3.8, 4) is 0 Å². The predicted octanol–water partition coefficient (Wildman–Crippen LogP) is -0.300. The van der Waals surface area contributed by atoms with Crippen LogP contribution in [-0.2, 0) is 28.3 Å². The fourth-order valence-corrected chi connectivity index (χ4v) is 1.40. The summed E-state index contributed by atoms with van der Waals surface area (Å²) in [5.41, 5.74) is 0. The van der Waals surface area contributed by atoms with E-state index >= 15 is 0 Å². The summed E-state index contributed by atoms with van der Waals surface area (Å²) in [6.07, 6.45) is 0.978. The monoisotopic (exact) mass is 282 g/mol. The van der Waals surface area contributed by atoms with Gasteiger partial charge in [-0.15, -0.1) is 0 Å². The Morgan fingerprint density at radius 2 is 1.72 bits per heavy atom. The topological polar surface area (TPSA) is 78.9 Å². The van der Waals surface area contributed by atoms with Gasteiger partial charge in [0, 0.05) is 6.08 Å². The molecule has 0 N–H and O–H groups in total. The van der Waals surface area contributed by atoms with E-state index in [0.29, 0.717) is 11.0 Å². The molecule has 8 heteroatoms. The maximum absolute atomic E-state index is 11.2. The van der Waals surface area contributed by atoms with Crippen LogP contribution in [0.2, 0.25) is 0 Å². The Bertz CT molecular complexity index is 370. The number of hydrogen-bond acceptors (Lipinski definition) is 6. The normalized spacial score (nSPS) is 12.2. The van der Waals surface area contributed by atoms with Crippen LogP contribution in [0.4, 0.5) is 0 Å². The SMILES string of the molecule is C=CC(=O)OCCOS(=O)(=O)OCC[N+](C)(C)C. The van der Waals surface area contributed by atoms with Crippen LogP contribution in [0.1, 0.15) is 0 Å². The van der Waals surface area contributed by atoms with Gasteiger partial charge in [-0.1, -0.05) is 6.58 Å². The lowest BCUT2D eigenvalue weighted by Gasteiger charge is -2.23. The number of esters is 1. The molecule has 0 heterocycles. The Balaban J connectivity index is 3.81. The third kappa shape index (κ3) is 10.2. The Morgan fingerprint density at radius 3 is 2.22 bits per heavy atom. The van der Waals surface area contributed by atoms with Crippen LogP contribution in [0.5, 0.6) is 0 Å². The maximum Gasteiger partial charge on any atom is 0.400 e. The lowest BCUT2D eigenvalue weighted by atomic mass is 10.5. The standard InChI is InChI=1S/C10H20NO6S/c1-5-10(12)15-8-9-17-18(13,14)16-7-6-11(2,3)4/h5H,1,6-9H2,2-4H3/q+1. The van der Waals surface area contributed by atoms with Crippen molar-refractivity contribution in [1.82, 2.24) is 0 Å². The molecule has 7 nitrogen and oxygen atoms in total. The van der Waals surface area contributed by atoms with Gasteiger partial charge >= 0.3 is 16.4 Å². The van der Waals surface area contributed by atoms with E-state index in [4.69, 9.17) is 0 Å². The highest BCUT2D eigenvalue weighted by atomic mass is 32.3. The molecule has 106 valence electrons. The van der Waals surface area contributed by atoms with Crippen LogP contribution in [0.15, 0.2) is 12.7 Å². The summed E-state index contributed by atoms with van der Waals surface area (Å²) in [6.45, 7) is 3.28. The van der Waals surface area contributed by atoms with Crippen LogP contribution in [-0.4, -0.2) is 66.4 Å². The first-order valence-electron chi connectivity index (χ1n) is 5.30. The molecule has 0 aliphatic carbocycles. The van der Waals surface area contributed by atoms with Gasteiger partial charge in [0.2, 0.25) is 0 Å². The second-order valence-corrected chi connectivity index (χ2v) is 5.73. The number of hydrogen-bond donors (Lipinski definition) is 0. The largest absolute Gasteiger partial charge is 0.460 e. The molecular formula is C10H20NO6S+. The minimum atomic E-state index is -4.04. The summed E-state index contributed by atoms with van der Waals surface area (Å²) in [5, 5.41) is 0. The lowest BCUT2D eigenvalue weighted by Crippen LogP contribution is -2.38. The molecule has 0 aliphatic heterocycles. The fourth-order valence-electron chi connectivity index (χ4n) is 0.784. The Labute approximate surface area is 108 Å². The van der Waals surface area contributed by atoms with Crippen LogP contribution >= 0.6 is 0 Å². The van der Waals surface area contributed by atoms with Gasteiger partial charge in [-0.2, -0.15) is 8.42 Å². The third-order valence-corrected chi connectivity index (χ3v) is 2.62. The molecule has 0 rings (SSSR count). The van der Waals surface area contributed by atoms with Crippen LogP contribution in [0.25, 0.3) is 0 Å². The van der Waals surface area contributed by atoms with Crippen molar-refractivity contribution in [2.24, 2.45) is 0 Å². The van der Waals surface area contributed by atoms with Crippen LogP contribution in [0, 0.1) is 0 Å². The molecule has 0 atom stereocenters. The minimum absolute atomic E-state index is 0.0261. The second kappa shape index (κ2) is 7.47. The fraction of sp³-hybridized carbons (Fsp3) is 0.700. The highest BCUT2D eigenvalue weighted by molar-refractivity contribution is 7.81.